The van der Waals surface area contributed by atoms with E-state index in [1.54, 1.807) is 6.07 Å². The van der Waals surface area contributed by atoms with Gasteiger partial charge in [0, 0.05) is 11.5 Å². The lowest BCUT2D eigenvalue weighted by Gasteiger charge is -2.26. The first kappa shape index (κ1) is 25.6. The first-order chi connectivity index (χ1) is 15.8. The van der Waals surface area contributed by atoms with Crippen LogP contribution in [0.4, 0.5) is 0 Å². The normalized spacial score (nSPS) is 14.0. The van der Waals surface area contributed by atoms with Gasteiger partial charge in [-0.05, 0) is 51.5 Å². The van der Waals surface area contributed by atoms with Crippen LogP contribution >= 0.6 is 0 Å². The predicted molar refractivity (Wildman–Crippen MR) is 140 cm³/mol. The predicted octanol–water partition coefficient (Wildman–Crippen LogP) is 8.01. The summed E-state index contributed by atoms with van der Waals surface area (Å²) in [6.45, 7) is 15.4. The van der Waals surface area contributed by atoms with Crippen LogP contribution in [0.3, 0.4) is 0 Å². The quantitative estimate of drug-likeness (QED) is 0.393. The van der Waals surface area contributed by atoms with Crippen LogP contribution < -0.4 is 0 Å². The van der Waals surface area contributed by atoms with E-state index in [9.17, 15) is 15.0 Å². The molecule has 0 aliphatic heterocycles. The highest BCUT2D eigenvalue weighted by Gasteiger charge is 2.25. The molecule has 0 amide bonds. The lowest BCUT2D eigenvalue weighted by Crippen LogP contribution is -2.13. The summed E-state index contributed by atoms with van der Waals surface area (Å²) in [5.41, 5.74) is 5.58. The fourth-order valence-electron chi connectivity index (χ4n) is 4.47. The Kier molecular flexibility index (Phi) is 7.26. The Morgan fingerprint density at radius 2 is 1.24 bits per heavy atom. The van der Waals surface area contributed by atoms with E-state index in [4.69, 9.17) is 0 Å². The number of aromatic carboxylic acids is 1. The molecular weight excluding hydrogens is 420 g/mol. The third-order valence-corrected chi connectivity index (χ3v) is 6.79. The Bertz CT molecular complexity index is 1130. The Morgan fingerprint density at radius 1 is 0.765 bits per heavy atom. The number of hydrogen-bond acceptors (Lipinski definition) is 2. The standard InChI is InChI=1S/C31H38O3/c1-20(21-11-15-23(16-12-21)30(2,3)4)19-27(22-13-17-24(18-14-22)31(5,6)7)25-9-8-10-26(28(25)32)29(33)34/h8-18,20,27,32H,19H2,1-7H3,(H,33,34). The second-order valence-corrected chi connectivity index (χ2v) is 11.5. The molecule has 0 radical (unpaired) electrons. The van der Waals surface area contributed by atoms with Crippen molar-refractivity contribution in [3.05, 3.63) is 100 Å². The van der Waals surface area contributed by atoms with E-state index >= 15 is 0 Å². The van der Waals surface area contributed by atoms with E-state index < -0.39 is 5.97 Å². The summed E-state index contributed by atoms with van der Waals surface area (Å²) < 4.78 is 0. The van der Waals surface area contributed by atoms with E-state index in [-0.39, 0.29) is 34.0 Å². The van der Waals surface area contributed by atoms with Gasteiger partial charge in [-0.3, -0.25) is 0 Å². The van der Waals surface area contributed by atoms with Crippen LogP contribution in [0.15, 0.2) is 66.7 Å². The average Bonchev–Trinajstić information content (AvgIpc) is 2.76. The molecule has 3 heteroatoms. The summed E-state index contributed by atoms with van der Waals surface area (Å²) in [7, 11) is 0. The average molecular weight is 459 g/mol. The van der Waals surface area contributed by atoms with Crippen LogP contribution in [0.25, 0.3) is 0 Å². The molecule has 0 saturated heterocycles. The molecular formula is C31H38O3. The molecule has 0 fully saturated rings. The fraction of sp³-hybridized carbons (Fsp3) is 0.387. The molecule has 3 aromatic carbocycles. The summed E-state index contributed by atoms with van der Waals surface area (Å²) in [6.07, 6.45) is 0.750. The highest BCUT2D eigenvalue weighted by Crippen LogP contribution is 2.40. The van der Waals surface area contributed by atoms with Crippen molar-refractivity contribution >= 4 is 5.97 Å². The minimum Gasteiger partial charge on any atom is -0.507 e. The van der Waals surface area contributed by atoms with Crippen LogP contribution in [0.5, 0.6) is 5.75 Å². The molecule has 0 aromatic heterocycles. The zero-order chi connectivity index (χ0) is 25.3. The maximum absolute atomic E-state index is 11.7. The maximum Gasteiger partial charge on any atom is 0.339 e. The van der Waals surface area contributed by atoms with Gasteiger partial charge in [-0.25, -0.2) is 4.79 Å². The van der Waals surface area contributed by atoms with Crippen molar-refractivity contribution in [2.24, 2.45) is 0 Å². The van der Waals surface area contributed by atoms with Gasteiger partial charge in [0.15, 0.2) is 0 Å². The van der Waals surface area contributed by atoms with Crippen LogP contribution in [0, 0.1) is 0 Å². The minimum absolute atomic E-state index is 0.0431. The monoisotopic (exact) mass is 458 g/mol. The van der Waals surface area contributed by atoms with Gasteiger partial charge in [0.05, 0.1) is 0 Å². The van der Waals surface area contributed by atoms with Crippen molar-refractivity contribution in [2.75, 3.05) is 0 Å². The molecule has 0 saturated carbocycles. The number of carboxylic acid groups (broad SMARTS) is 1. The smallest absolute Gasteiger partial charge is 0.339 e. The number of carbonyl (C=O) groups is 1. The van der Waals surface area contributed by atoms with Gasteiger partial charge >= 0.3 is 5.97 Å². The molecule has 0 bridgehead atoms. The van der Waals surface area contributed by atoms with E-state index in [0.717, 1.165) is 12.0 Å². The summed E-state index contributed by atoms with van der Waals surface area (Å²) in [6, 6.07) is 22.3. The van der Waals surface area contributed by atoms with Gasteiger partial charge in [-0.1, -0.05) is 109 Å². The fourth-order valence-corrected chi connectivity index (χ4v) is 4.47. The highest BCUT2D eigenvalue weighted by atomic mass is 16.4. The second-order valence-electron chi connectivity index (χ2n) is 11.5. The Morgan fingerprint density at radius 3 is 1.68 bits per heavy atom. The van der Waals surface area contributed by atoms with Crippen molar-refractivity contribution in [1.29, 1.82) is 0 Å². The number of carboxylic acids is 1. The zero-order valence-electron chi connectivity index (χ0n) is 21.5. The topological polar surface area (TPSA) is 57.5 Å². The van der Waals surface area contributed by atoms with Crippen molar-refractivity contribution in [3.63, 3.8) is 0 Å². The van der Waals surface area contributed by atoms with Gasteiger partial charge in [0.25, 0.3) is 0 Å². The van der Waals surface area contributed by atoms with Crippen LogP contribution in [0.2, 0.25) is 0 Å². The third-order valence-electron chi connectivity index (χ3n) is 6.79. The van der Waals surface area contributed by atoms with E-state index in [0.29, 0.717) is 5.56 Å². The molecule has 0 aliphatic rings. The number of aromatic hydroxyl groups is 1. The van der Waals surface area contributed by atoms with Gasteiger partial charge < -0.3 is 10.2 Å². The maximum atomic E-state index is 11.7. The number of para-hydroxylation sites is 1. The Hall–Kier alpha value is -3.07. The lowest BCUT2D eigenvalue weighted by atomic mass is 9.79. The number of phenols is 1. The summed E-state index contributed by atoms with van der Waals surface area (Å²) in [5.74, 6) is -1.18. The second kappa shape index (κ2) is 9.66. The molecule has 0 heterocycles. The van der Waals surface area contributed by atoms with E-state index in [2.05, 4.69) is 97.0 Å². The van der Waals surface area contributed by atoms with Gasteiger partial charge in [0.1, 0.15) is 11.3 Å². The third kappa shape index (κ3) is 5.70. The van der Waals surface area contributed by atoms with Gasteiger partial charge in [-0.15, -0.1) is 0 Å². The van der Waals surface area contributed by atoms with Gasteiger partial charge in [-0.2, -0.15) is 0 Å². The van der Waals surface area contributed by atoms with Crippen LogP contribution in [-0.4, -0.2) is 16.2 Å². The van der Waals surface area contributed by atoms with Crippen LogP contribution in [0.1, 0.15) is 105 Å². The molecule has 3 rings (SSSR count). The van der Waals surface area contributed by atoms with Crippen molar-refractivity contribution in [2.45, 2.75) is 77.6 Å². The molecule has 0 spiro atoms. The summed E-state index contributed by atoms with van der Waals surface area (Å²) in [5, 5.41) is 20.5. The Balaban J connectivity index is 2.02. The molecule has 3 nitrogen and oxygen atoms in total. The SMILES string of the molecule is CC(CC(c1ccc(C(C)(C)C)cc1)c1cccc(C(=O)O)c1O)c1ccc(C(C)(C)C)cc1. The molecule has 2 unspecified atom stereocenters. The number of benzene rings is 3. The largest absolute Gasteiger partial charge is 0.507 e. The van der Waals surface area contributed by atoms with Gasteiger partial charge in [0.2, 0.25) is 0 Å². The minimum atomic E-state index is -1.12. The van der Waals surface area contributed by atoms with Crippen molar-refractivity contribution in [3.8, 4) is 5.75 Å². The summed E-state index contributed by atoms with van der Waals surface area (Å²) in [4.78, 5) is 11.7. The molecule has 2 N–H and O–H groups in total. The number of rotatable bonds is 6. The Labute approximate surface area is 204 Å². The molecule has 0 aliphatic carbocycles. The lowest BCUT2D eigenvalue weighted by molar-refractivity contribution is 0.0693. The molecule has 34 heavy (non-hydrogen) atoms. The summed E-state index contributed by atoms with van der Waals surface area (Å²) >= 11 is 0. The van der Waals surface area contributed by atoms with Crippen molar-refractivity contribution in [1.82, 2.24) is 0 Å². The van der Waals surface area contributed by atoms with Crippen LogP contribution in [-0.2, 0) is 10.8 Å². The highest BCUT2D eigenvalue weighted by molar-refractivity contribution is 5.91. The molecule has 180 valence electrons. The van der Waals surface area contributed by atoms with E-state index in [1.807, 2.05) is 6.07 Å². The molecule has 3 aromatic rings. The first-order valence-corrected chi connectivity index (χ1v) is 12.0. The zero-order valence-corrected chi connectivity index (χ0v) is 21.5. The van der Waals surface area contributed by atoms with Crippen molar-refractivity contribution < 1.29 is 15.0 Å². The first-order valence-electron chi connectivity index (χ1n) is 12.0. The number of hydrogen-bond donors (Lipinski definition) is 2. The van der Waals surface area contributed by atoms with E-state index in [1.165, 1.54) is 22.8 Å². The molecule has 2 atom stereocenters.